The molecule has 33 nitrogen and oxygen atoms in total. The molecule has 94 heavy (non-hydrogen) atoms. The minimum absolute atomic E-state index is 0.00330. The molecular formula is C59H93N21O12S2. The van der Waals surface area contributed by atoms with E-state index in [0.29, 0.717) is 24.0 Å². The van der Waals surface area contributed by atoms with Gasteiger partial charge in [0.1, 0.15) is 54.1 Å². The van der Waals surface area contributed by atoms with E-state index >= 15 is 0 Å². The van der Waals surface area contributed by atoms with E-state index in [4.69, 9.17) is 45.9 Å². The highest BCUT2D eigenvalue weighted by Gasteiger charge is 2.44. The third kappa shape index (κ3) is 26.5. The number of nitrogens with zero attached hydrogens (tertiary/aromatic N) is 4. The number of primary amides is 1. The maximum absolute atomic E-state index is 15.0. The van der Waals surface area contributed by atoms with Crippen molar-refractivity contribution >= 4 is 104 Å². The summed E-state index contributed by atoms with van der Waals surface area (Å²) in [6.07, 6.45) is 0.825. The highest BCUT2D eigenvalue weighted by Crippen LogP contribution is 2.39. The second kappa shape index (κ2) is 38.8. The van der Waals surface area contributed by atoms with Gasteiger partial charge in [0.2, 0.25) is 65.0 Å². The lowest BCUT2D eigenvalue weighted by Gasteiger charge is -2.34. The number of phenolic OH excluding ortho intramolecular Hbond substituents is 1. The Morgan fingerprint density at radius 1 is 0.660 bits per heavy atom. The number of hydrogen-bond acceptors (Lipinski definition) is 18. The normalized spacial score (nSPS) is 21.7. The third-order valence-corrected chi connectivity index (χ3v) is 18.6. The largest absolute Gasteiger partial charge is 0.508 e. The highest BCUT2D eigenvalue weighted by molar-refractivity contribution is 8.77. The predicted octanol–water partition coefficient (Wildman–Crippen LogP) is -5.01. The zero-order chi connectivity index (χ0) is 69.7. The Labute approximate surface area is 553 Å². The van der Waals surface area contributed by atoms with E-state index in [1.54, 1.807) is 70.2 Å². The molecule has 0 spiro atoms. The summed E-state index contributed by atoms with van der Waals surface area (Å²) in [6, 6.07) is 2.28. The standard InChI is InChI=1S/C59H93N21O12S2/c1-5-32(2)45-54(91)76-39(17-11-25-70-58(66)67)55(92)80-26-12-18-42(80)53(90)79-46(47(61)84)59(3,4)94-93-31-41(52(89)75-37(15-9-23-68-56(62)63)49(86)74-38(50(87)78-45)16-10-24-69-57(64)65)77-51(88)40(28-33-13-7-6-8-14-33)73-44(83)30-71-43(82)29-72-48(85)36(60)27-34-19-21-35(81)22-20-34/h6-8,13-14,19-22,32,36-42,45-46,81H,5,9-12,15-18,23-31,60H2,1-4H3,(H2,61,84)(H,71,82)(H,72,85)(H,73,83)(H,74,86)(H,75,89)(H,76,91)(H,77,88)(H,78,87)(H,79,90)(H4,62,63,68)(H4,64,65,69)(H4,66,67,70)/t32-,36-,37-,38-,39-,40-,41-,42-,45-,46+/m0/s1. The van der Waals surface area contributed by atoms with Gasteiger partial charge in [-0.05, 0) is 101 Å². The fourth-order valence-corrected chi connectivity index (χ4v) is 12.8. The molecule has 518 valence electrons. The topological polar surface area (TPSA) is 565 Å². The lowest BCUT2D eigenvalue weighted by molar-refractivity contribution is -0.143. The van der Waals surface area contributed by atoms with Gasteiger partial charge in [0.05, 0.1) is 19.1 Å². The van der Waals surface area contributed by atoms with Gasteiger partial charge >= 0.3 is 0 Å². The molecule has 0 bridgehead atoms. The first kappa shape index (κ1) is 77.3. The Balaban J connectivity index is 1.77. The summed E-state index contributed by atoms with van der Waals surface area (Å²) < 4.78 is -1.31. The minimum Gasteiger partial charge on any atom is -0.508 e. The zero-order valence-electron chi connectivity index (χ0n) is 53.4. The molecule has 26 N–H and O–H groups in total. The van der Waals surface area contributed by atoms with Crippen molar-refractivity contribution < 1.29 is 57.8 Å². The fraction of sp³-hybridized carbons (Fsp3) is 0.559. The number of rotatable bonds is 27. The number of nitrogens with one attached hydrogen (secondary N) is 9. The number of fused-ring (bicyclic) bond motifs is 1. The number of benzene rings is 2. The summed E-state index contributed by atoms with van der Waals surface area (Å²) >= 11 is 0. The number of carbonyl (C=O) groups excluding carboxylic acids is 11. The summed E-state index contributed by atoms with van der Waals surface area (Å²) in [7, 11) is 1.96. The van der Waals surface area contributed by atoms with Crippen molar-refractivity contribution in [2.75, 3.05) is 45.0 Å². The van der Waals surface area contributed by atoms with Crippen molar-refractivity contribution in [1.29, 1.82) is 0 Å². The second-order valence-corrected chi connectivity index (χ2v) is 26.2. The number of nitrogens with two attached hydrogens (primary N) is 8. The van der Waals surface area contributed by atoms with Crippen LogP contribution in [0.3, 0.4) is 0 Å². The van der Waals surface area contributed by atoms with E-state index < -0.39 is 143 Å². The van der Waals surface area contributed by atoms with E-state index in [9.17, 15) is 57.8 Å². The molecule has 35 heteroatoms. The molecule has 0 saturated carbocycles. The van der Waals surface area contributed by atoms with E-state index in [-0.39, 0.29) is 113 Å². The first-order chi connectivity index (χ1) is 44.5. The van der Waals surface area contributed by atoms with Crippen molar-refractivity contribution in [2.45, 2.75) is 157 Å². The van der Waals surface area contributed by atoms with Crippen LogP contribution in [0.25, 0.3) is 0 Å². The Hall–Kier alpha value is -9.12. The predicted molar refractivity (Wildman–Crippen MR) is 357 cm³/mol. The molecule has 2 aliphatic heterocycles. The molecule has 10 atom stereocenters. The molecule has 2 aromatic carbocycles. The lowest BCUT2D eigenvalue weighted by atomic mass is 9.96. The van der Waals surface area contributed by atoms with E-state index in [2.05, 4.69) is 62.8 Å². The summed E-state index contributed by atoms with van der Waals surface area (Å²) in [5.74, 6) is -10.7. The summed E-state index contributed by atoms with van der Waals surface area (Å²) in [5.41, 5.74) is 46.9. The number of amides is 11. The van der Waals surface area contributed by atoms with Crippen LogP contribution in [0.15, 0.2) is 69.6 Å². The van der Waals surface area contributed by atoms with Gasteiger partial charge in [-0.15, -0.1) is 0 Å². The Bertz CT molecular complexity index is 3020. The van der Waals surface area contributed by atoms with Gasteiger partial charge in [0, 0.05) is 43.1 Å². The average molecular weight is 1350 g/mol. The number of aliphatic imine (C=N–C) groups is 3. The second-order valence-electron chi connectivity index (χ2n) is 23.2. The Morgan fingerprint density at radius 2 is 1.19 bits per heavy atom. The maximum Gasteiger partial charge on any atom is 0.245 e. The quantitative estimate of drug-likeness (QED) is 0.0172. The maximum atomic E-state index is 15.0. The van der Waals surface area contributed by atoms with Crippen LogP contribution in [0.5, 0.6) is 5.75 Å². The van der Waals surface area contributed by atoms with Gasteiger partial charge in [-0.25, -0.2) is 0 Å². The van der Waals surface area contributed by atoms with Gasteiger partial charge in [-0.3, -0.25) is 67.7 Å². The first-order valence-electron chi connectivity index (χ1n) is 30.8. The SMILES string of the molecule is CC[C@H](C)[C@@H]1NC(=O)[C@H](CCCN=C(N)N)NC(=O)[C@H](CCCN=C(N)N)NC(=O)[C@@H](NC(=O)[C@H](Cc2ccccc2)NC(=O)CNC(=O)CNC(=O)[C@@H](N)Cc2ccc(O)cc2)CSSC(C)(C)[C@@H](C(N)=O)NC(=O)[C@@H]2CCCN2C(=O)[C@H](CCCN=C(N)N)NC1=O. The van der Waals surface area contributed by atoms with E-state index in [1.165, 1.54) is 17.0 Å². The Morgan fingerprint density at radius 3 is 1.76 bits per heavy atom. The van der Waals surface area contributed by atoms with Crippen LogP contribution >= 0.6 is 21.6 Å². The fourth-order valence-electron chi connectivity index (χ4n) is 9.98. The van der Waals surface area contributed by atoms with Gasteiger partial charge in [0.25, 0.3) is 0 Å². The molecule has 0 aliphatic carbocycles. The number of guanidine groups is 3. The number of aromatic hydroxyl groups is 1. The van der Waals surface area contributed by atoms with E-state index in [0.717, 1.165) is 21.6 Å². The molecule has 0 aromatic heterocycles. The van der Waals surface area contributed by atoms with Crippen LogP contribution in [0.1, 0.15) is 96.6 Å². The molecule has 0 radical (unpaired) electrons. The molecule has 2 heterocycles. The summed E-state index contributed by atoms with van der Waals surface area (Å²) in [6.45, 7) is 5.52. The van der Waals surface area contributed by atoms with Gasteiger partial charge in [-0.2, -0.15) is 0 Å². The van der Waals surface area contributed by atoms with Crippen molar-refractivity contribution in [3.8, 4) is 5.75 Å². The number of phenols is 1. The minimum atomic E-state index is -1.59. The molecule has 2 aliphatic rings. The van der Waals surface area contributed by atoms with Crippen LogP contribution < -0.4 is 93.7 Å². The summed E-state index contributed by atoms with van der Waals surface area (Å²) in [4.78, 5) is 169. The molecule has 2 aromatic rings. The van der Waals surface area contributed by atoms with Crippen LogP contribution in [0.2, 0.25) is 0 Å². The zero-order valence-corrected chi connectivity index (χ0v) is 55.0. The lowest BCUT2D eigenvalue weighted by Crippen LogP contribution is -2.61. The van der Waals surface area contributed by atoms with Crippen LogP contribution in [0, 0.1) is 5.92 Å². The van der Waals surface area contributed by atoms with Crippen LogP contribution in [0.4, 0.5) is 0 Å². The Kier molecular flexibility index (Phi) is 31.9. The monoisotopic (exact) mass is 1350 g/mol. The van der Waals surface area contributed by atoms with Crippen molar-refractivity contribution in [3.63, 3.8) is 0 Å². The first-order valence-corrected chi connectivity index (χ1v) is 33.1. The molecule has 0 unspecified atom stereocenters. The van der Waals surface area contributed by atoms with Gasteiger partial charge in [0.15, 0.2) is 17.9 Å². The van der Waals surface area contributed by atoms with Crippen LogP contribution in [-0.2, 0) is 65.6 Å². The van der Waals surface area contributed by atoms with Gasteiger partial charge < -0.3 is 104 Å². The summed E-state index contributed by atoms with van der Waals surface area (Å²) in [5, 5.41) is 33.4. The van der Waals surface area contributed by atoms with Crippen molar-refractivity contribution in [2.24, 2.45) is 66.8 Å². The third-order valence-electron chi connectivity index (χ3n) is 15.3. The van der Waals surface area contributed by atoms with Gasteiger partial charge in [-0.1, -0.05) is 84.3 Å². The molecule has 11 amide bonds. The molecule has 4 rings (SSSR count). The highest BCUT2D eigenvalue weighted by atomic mass is 33.1. The molecular weight excluding hydrogens is 1260 g/mol. The van der Waals surface area contributed by atoms with Crippen molar-refractivity contribution in [1.82, 2.24) is 52.8 Å². The van der Waals surface area contributed by atoms with Crippen molar-refractivity contribution in [3.05, 3.63) is 65.7 Å². The molecule has 2 saturated heterocycles. The average Bonchev–Trinajstić information content (AvgIpc) is 1.51. The number of carbonyl (C=O) groups is 11. The molecule has 2 fully saturated rings. The number of hydrogen-bond donors (Lipinski definition) is 18. The van der Waals surface area contributed by atoms with Crippen LogP contribution in [-0.4, -0.2) is 197 Å². The van der Waals surface area contributed by atoms with E-state index in [1.807, 2.05) is 0 Å². The smallest absolute Gasteiger partial charge is 0.245 e.